The number of hydrogen-bond donors (Lipinski definition) is 2. The van der Waals surface area contributed by atoms with Crippen LogP contribution >= 0.6 is 0 Å². The molecule has 2 aromatic heterocycles. The molecule has 2 heterocycles. The molecule has 0 fully saturated rings. The van der Waals surface area contributed by atoms with E-state index in [9.17, 15) is 23.1 Å². The number of aliphatic hydroxyl groups is 2. The fourth-order valence-electron chi connectivity index (χ4n) is 4.35. The average Bonchev–Trinajstić information content (AvgIpc) is 2.79. The van der Waals surface area contributed by atoms with E-state index in [1.807, 2.05) is 12.1 Å². The van der Waals surface area contributed by atoms with Crippen molar-refractivity contribution in [1.82, 2.24) is 4.57 Å². The van der Waals surface area contributed by atoms with Gasteiger partial charge in [-0.3, -0.25) is 14.2 Å². The van der Waals surface area contributed by atoms with Crippen molar-refractivity contribution in [3.8, 4) is 0 Å². The lowest BCUT2D eigenvalue weighted by atomic mass is 9.96. The molecule has 0 atom stereocenters. The van der Waals surface area contributed by atoms with Crippen molar-refractivity contribution in [3.05, 3.63) is 63.2 Å². The van der Waals surface area contributed by atoms with Crippen LogP contribution in [0.3, 0.4) is 0 Å². The summed E-state index contributed by atoms with van der Waals surface area (Å²) in [4.78, 5) is 26.0. The molecule has 0 saturated heterocycles. The van der Waals surface area contributed by atoms with E-state index in [4.69, 9.17) is 9.52 Å². The highest BCUT2D eigenvalue weighted by Crippen LogP contribution is 2.40. The summed E-state index contributed by atoms with van der Waals surface area (Å²) in [5.74, 6) is -0.324. The standard InChI is InChI=1S/C23H19NO7S/c25-9-3-11-32(29,30)18-12-16-19-15(22(27)24(8-10-26)23(16)28)7-6-14-13-4-1-2-5-17(13)31-21(18)20(14)19/h1-2,4-7,12,25-26H,3,8-11H2. The molecular formula is C23H19NO7S. The molecule has 164 valence electrons. The third-order valence-electron chi connectivity index (χ3n) is 5.77. The van der Waals surface area contributed by atoms with Gasteiger partial charge in [0.1, 0.15) is 10.5 Å². The summed E-state index contributed by atoms with van der Waals surface area (Å²) in [6.45, 7) is -0.913. The van der Waals surface area contributed by atoms with Gasteiger partial charge in [-0.1, -0.05) is 24.3 Å². The first kappa shape index (κ1) is 20.6. The maximum Gasteiger partial charge on any atom is 0.261 e. The minimum Gasteiger partial charge on any atom is -0.455 e. The minimum atomic E-state index is -3.92. The Balaban J connectivity index is 2.09. The van der Waals surface area contributed by atoms with Crippen LogP contribution in [-0.4, -0.2) is 42.2 Å². The Kier molecular flexibility index (Phi) is 4.77. The van der Waals surface area contributed by atoms with Crippen LogP contribution in [0.2, 0.25) is 0 Å². The Morgan fingerprint density at radius 1 is 0.844 bits per heavy atom. The minimum absolute atomic E-state index is 0.0295. The van der Waals surface area contributed by atoms with Gasteiger partial charge in [-0.15, -0.1) is 0 Å². The number of fused-ring (bicyclic) bond motifs is 2. The zero-order valence-electron chi connectivity index (χ0n) is 16.9. The zero-order chi connectivity index (χ0) is 22.6. The van der Waals surface area contributed by atoms with Gasteiger partial charge >= 0.3 is 0 Å². The predicted octanol–water partition coefficient (Wildman–Crippen LogP) is 2.00. The third-order valence-corrected chi connectivity index (χ3v) is 7.57. The van der Waals surface area contributed by atoms with Gasteiger partial charge in [0.2, 0.25) is 0 Å². The van der Waals surface area contributed by atoms with E-state index in [1.165, 1.54) is 6.07 Å². The lowest BCUT2D eigenvalue weighted by molar-refractivity contribution is 0.273. The van der Waals surface area contributed by atoms with Crippen molar-refractivity contribution < 1.29 is 23.0 Å². The number of hydrogen-bond acceptors (Lipinski definition) is 7. The Labute approximate surface area is 181 Å². The van der Waals surface area contributed by atoms with Crippen molar-refractivity contribution in [2.45, 2.75) is 17.9 Å². The van der Waals surface area contributed by atoms with Gasteiger partial charge in [-0.25, -0.2) is 8.42 Å². The first-order chi connectivity index (χ1) is 15.4. The number of nitrogens with zero attached hydrogens (tertiary/aromatic N) is 1. The normalized spacial score (nSPS) is 12.6. The molecule has 5 aromatic rings. The molecule has 0 aliphatic carbocycles. The van der Waals surface area contributed by atoms with Gasteiger partial charge in [-0.2, -0.15) is 0 Å². The number of rotatable bonds is 6. The van der Waals surface area contributed by atoms with Crippen LogP contribution in [-0.2, 0) is 16.4 Å². The Bertz CT molecular complexity index is 1730. The van der Waals surface area contributed by atoms with Gasteiger partial charge < -0.3 is 14.6 Å². The summed E-state index contributed by atoms with van der Waals surface area (Å²) in [6, 6.07) is 11.7. The van der Waals surface area contributed by atoms with Crippen molar-refractivity contribution in [1.29, 1.82) is 0 Å². The molecule has 0 aliphatic heterocycles. The highest BCUT2D eigenvalue weighted by molar-refractivity contribution is 7.91. The lowest BCUT2D eigenvalue weighted by Crippen LogP contribution is -2.34. The average molecular weight is 453 g/mol. The number of aromatic nitrogens is 1. The van der Waals surface area contributed by atoms with E-state index in [2.05, 4.69) is 0 Å². The number of para-hydroxylation sites is 1. The fraction of sp³-hybridized carbons (Fsp3) is 0.217. The molecule has 0 radical (unpaired) electrons. The van der Waals surface area contributed by atoms with Gasteiger partial charge in [0, 0.05) is 28.2 Å². The molecule has 32 heavy (non-hydrogen) atoms. The van der Waals surface area contributed by atoms with E-state index in [1.54, 1.807) is 24.3 Å². The van der Waals surface area contributed by atoms with E-state index >= 15 is 0 Å². The largest absolute Gasteiger partial charge is 0.455 e. The molecule has 8 nitrogen and oxygen atoms in total. The molecule has 2 N–H and O–H groups in total. The molecule has 0 unspecified atom stereocenters. The molecule has 0 amide bonds. The smallest absolute Gasteiger partial charge is 0.261 e. The zero-order valence-corrected chi connectivity index (χ0v) is 17.7. The van der Waals surface area contributed by atoms with Crippen LogP contribution in [0.25, 0.3) is 43.5 Å². The third kappa shape index (κ3) is 2.85. The fourth-order valence-corrected chi connectivity index (χ4v) is 5.81. The molecule has 0 bridgehead atoms. The first-order valence-corrected chi connectivity index (χ1v) is 11.8. The van der Waals surface area contributed by atoms with Crippen LogP contribution in [0.15, 0.2) is 61.4 Å². The second kappa shape index (κ2) is 7.40. The summed E-state index contributed by atoms with van der Waals surface area (Å²) >= 11 is 0. The van der Waals surface area contributed by atoms with E-state index in [-0.39, 0.29) is 46.6 Å². The Morgan fingerprint density at radius 2 is 1.56 bits per heavy atom. The highest BCUT2D eigenvalue weighted by Gasteiger charge is 2.26. The number of pyridine rings is 1. The van der Waals surface area contributed by atoms with Crippen LogP contribution in [0.5, 0.6) is 0 Å². The summed E-state index contributed by atoms with van der Waals surface area (Å²) in [7, 11) is -3.92. The Hall–Kier alpha value is -3.27. The SMILES string of the molecule is O=c1c2ccc3c4ccccc4oc4c(S(=O)(=O)CCCO)cc(c(=O)n1CCO)c2c43. The molecule has 5 rings (SSSR count). The van der Waals surface area contributed by atoms with Gasteiger partial charge in [0.25, 0.3) is 11.1 Å². The quantitative estimate of drug-likeness (QED) is 0.297. The van der Waals surface area contributed by atoms with Crippen molar-refractivity contribution >= 4 is 53.3 Å². The van der Waals surface area contributed by atoms with Crippen molar-refractivity contribution in [3.63, 3.8) is 0 Å². The van der Waals surface area contributed by atoms with Crippen LogP contribution < -0.4 is 11.1 Å². The van der Waals surface area contributed by atoms with E-state index in [0.717, 1.165) is 9.95 Å². The van der Waals surface area contributed by atoms with Crippen molar-refractivity contribution in [2.75, 3.05) is 19.0 Å². The van der Waals surface area contributed by atoms with Gasteiger partial charge in [0.05, 0.1) is 24.3 Å². The first-order valence-electron chi connectivity index (χ1n) is 10.1. The summed E-state index contributed by atoms with van der Waals surface area (Å²) in [5, 5.41) is 20.9. The number of benzene rings is 3. The second-order valence-electron chi connectivity index (χ2n) is 7.64. The molecule has 0 aliphatic rings. The highest BCUT2D eigenvalue weighted by atomic mass is 32.2. The summed E-state index contributed by atoms with van der Waals surface area (Å²) in [6.07, 6.45) is 0.0295. The number of sulfone groups is 1. The van der Waals surface area contributed by atoms with Crippen LogP contribution in [0.4, 0.5) is 0 Å². The predicted molar refractivity (Wildman–Crippen MR) is 121 cm³/mol. The second-order valence-corrected chi connectivity index (χ2v) is 9.72. The van der Waals surface area contributed by atoms with Crippen LogP contribution in [0.1, 0.15) is 6.42 Å². The molecule has 0 saturated carbocycles. The molecular weight excluding hydrogens is 434 g/mol. The lowest BCUT2D eigenvalue weighted by Gasteiger charge is -2.16. The maximum absolute atomic E-state index is 13.2. The monoisotopic (exact) mass is 453 g/mol. The number of aliphatic hydroxyl groups excluding tert-OH is 2. The van der Waals surface area contributed by atoms with Crippen molar-refractivity contribution in [2.24, 2.45) is 0 Å². The van der Waals surface area contributed by atoms with Gasteiger partial charge in [0.15, 0.2) is 15.4 Å². The van der Waals surface area contributed by atoms with Crippen LogP contribution in [0, 0.1) is 0 Å². The summed E-state index contributed by atoms with van der Waals surface area (Å²) in [5.41, 5.74) is -0.674. The molecule has 3 aromatic carbocycles. The summed E-state index contributed by atoms with van der Waals surface area (Å²) < 4.78 is 33.3. The topological polar surface area (TPSA) is 127 Å². The Morgan fingerprint density at radius 3 is 2.31 bits per heavy atom. The maximum atomic E-state index is 13.2. The van der Waals surface area contributed by atoms with Gasteiger partial charge in [-0.05, 0) is 30.0 Å². The van der Waals surface area contributed by atoms with E-state index in [0.29, 0.717) is 21.7 Å². The van der Waals surface area contributed by atoms with E-state index < -0.39 is 27.6 Å². The molecule has 9 heteroatoms. The molecule has 0 spiro atoms.